The van der Waals surface area contributed by atoms with Crippen LogP contribution in [-0.4, -0.2) is 69.8 Å². The van der Waals surface area contributed by atoms with Gasteiger partial charge in [0, 0.05) is 0 Å². The molecule has 0 aliphatic carbocycles. The standard InChI is InChI=1S/CH2O9S2.2Li.2H/c2-1(9-11(3,4)5)10-12(6,7)8;;;;/h(H,3,4,5)(H,6,7,8);;;;. The van der Waals surface area contributed by atoms with Crippen LogP contribution >= 0.6 is 0 Å². The molecule has 14 heavy (non-hydrogen) atoms. The molecule has 2 N–H and O–H groups in total. The molecule has 0 saturated carbocycles. The van der Waals surface area contributed by atoms with E-state index in [1.165, 1.54) is 0 Å². The van der Waals surface area contributed by atoms with Crippen molar-refractivity contribution in [3.63, 3.8) is 0 Å². The molecular weight excluding hydrogens is 234 g/mol. The van der Waals surface area contributed by atoms with E-state index in [1.54, 1.807) is 0 Å². The van der Waals surface area contributed by atoms with Crippen LogP contribution in [0.3, 0.4) is 0 Å². The first-order chi connectivity index (χ1) is 5.10. The summed E-state index contributed by atoms with van der Waals surface area (Å²) < 4.78 is 60.1. The number of hydrogen-bond acceptors (Lipinski definition) is 7. The molecule has 0 amide bonds. The minimum absolute atomic E-state index is 0. The molecule has 0 fully saturated rings. The van der Waals surface area contributed by atoms with Gasteiger partial charge in [0.25, 0.3) is 0 Å². The van der Waals surface area contributed by atoms with E-state index in [0.717, 1.165) is 0 Å². The van der Waals surface area contributed by atoms with Crippen LogP contribution in [0.5, 0.6) is 0 Å². The van der Waals surface area contributed by atoms with Crippen molar-refractivity contribution in [2.75, 3.05) is 0 Å². The van der Waals surface area contributed by atoms with Crippen LogP contribution < -0.4 is 0 Å². The Morgan fingerprint density at radius 1 is 0.857 bits per heavy atom. The van der Waals surface area contributed by atoms with Crippen molar-refractivity contribution in [2.45, 2.75) is 0 Å². The van der Waals surface area contributed by atoms with Crippen LogP contribution in [0.4, 0.5) is 4.79 Å². The summed E-state index contributed by atoms with van der Waals surface area (Å²) >= 11 is 0. The van der Waals surface area contributed by atoms with Gasteiger partial charge in [0.05, 0.1) is 0 Å². The number of carbonyl (C=O) groups excluding carboxylic acids is 1. The van der Waals surface area contributed by atoms with Gasteiger partial charge in [-0.3, -0.25) is 17.5 Å². The molecule has 0 bridgehead atoms. The van der Waals surface area contributed by atoms with E-state index in [-0.39, 0.29) is 37.7 Å². The zero-order chi connectivity index (χ0) is 9.99. The van der Waals surface area contributed by atoms with Crippen molar-refractivity contribution in [1.82, 2.24) is 0 Å². The van der Waals surface area contributed by atoms with Crippen LogP contribution in [0.2, 0.25) is 0 Å². The predicted molar refractivity (Wildman–Crippen MR) is 45.0 cm³/mol. The maximum absolute atomic E-state index is 9.95. The molecule has 0 unspecified atom stereocenters. The topological polar surface area (TPSA) is 144 Å². The van der Waals surface area contributed by atoms with E-state index in [4.69, 9.17) is 9.11 Å². The first kappa shape index (κ1) is 19.8. The predicted octanol–water partition coefficient (Wildman–Crippen LogP) is -2.55. The second-order valence-corrected chi connectivity index (χ2v) is 3.32. The SMILES string of the molecule is O=C(OS(=O)(=O)O)OS(=O)(=O)O.[LiH].[LiH]. The summed E-state index contributed by atoms with van der Waals surface area (Å²) in [6.07, 6.45) is -2.29. The van der Waals surface area contributed by atoms with Crippen LogP contribution in [0.1, 0.15) is 0 Å². The average Bonchev–Trinajstić information content (AvgIpc) is 1.49. The Morgan fingerprint density at radius 2 is 1.07 bits per heavy atom. The molecule has 0 heterocycles. The summed E-state index contributed by atoms with van der Waals surface area (Å²) in [5, 5.41) is 0. The Hall–Kier alpha value is 0.285. The number of carbonyl (C=O) groups is 1. The fraction of sp³-hybridized carbons (Fsp3) is 0. The van der Waals surface area contributed by atoms with Crippen LogP contribution in [0.15, 0.2) is 0 Å². The zero-order valence-electron chi connectivity index (χ0n) is 5.07. The van der Waals surface area contributed by atoms with Crippen molar-refractivity contribution in [3.8, 4) is 0 Å². The van der Waals surface area contributed by atoms with Gasteiger partial charge in [-0.15, -0.1) is 0 Å². The first-order valence-corrected chi connectivity index (χ1v) is 4.71. The molecule has 0 saturated heterocycles. The monoisotopic (exact) mass is 238 g/mol. The molecule has 0 rings (SSSR count). The van der Waals surface area contributed by atoms with Gasteiger partial charge in [-0.05, 0) is 0 Å². The van der Waals surface area contributed by atoms with E-state index >= 15 is 0 Å². The quantitative estimate of drug-likeness (QED) is 0.392. The normalized spacial score (nSPS) is 10.4. The van der Waals surface area contributed by atoms with E-state index in [0.29, 0.717) is 0 Å². The number of rotatable bonds is 2. The average molecular weight is 238 g/mol. The molecule has 0 aromatic rings. The van der Waals surface area contributed by atoms with Gasteiger partial charge in [-0.2, -0.15) is 16.8 Å². The molecule has 0 aromatic heterocycles. The van der Waals surface area contributed by atoms with Gasteiger partial charge >= 0.3 is 64.7 Å². The summed E-state index contributed by atoms with van der Waals surface area (Å²) in [4.78, 5) is 9.95. The van der Waals surface area contributed by atoms with Crippen LogP contribution in [0.25, 0.3) is 0 Å². The summed E-state index contributed by atoms with van der Waals surface area (Å²) in [5.74, 6) is 0. The molecule has 0 aliphatic rings. The van der Waals surface area contributed by atoms with Crippen molar-refractivity contribution in [3.05, 3.63) is 0 Å². The van der Waals surface area contributed by atoms with Gasteiger partial charge in [-0.25, -0.2) is 4.79 Å². The van der Waals surface area contributed by atoms with Crippen molar-refractivity contribution < 1.29 is 39.1 Å². The summed E-state index contributed by atoms with van der Waals surface area (Å²) in [6, 6.07) is 0. The Labute approximate surface area is 103 Å². The molecule has 0 atom stereocenters. The van der Waals surface area contributed by atoms with Crippen molar-refractivity contribution in [1.29, 1.82) is 0 Å². The van der Waals surface area contributed by atoms with Gasteiger partial charge < -0.3 is 0 Å². The van der Waals surface area contributed by atoms with Crippen LogP contribution in [-0.2, 0) is 29.2 Å². The van der Waals surface area contributed by atoms with E-state index in [1.807, 2.05) is 0 Å². The Kier molecular flexibility index (Phi) is 9.49. The molecule has 0 aliphatic heterocycles. The summed E-state index contributed by atoms with van der Waals surface area (Å²) in [5.41, 5.74) is 0. The second-order valence-electron chi connectivity index (χ2n) is 1.27. The zero-order valence-corrected chi connectivity index (χ0v) is 6.70. The third kappa shape index (κ3) is 14.8. The van der Waals surface area contributed by atoms with Crippen LogP contribution in [0, 0.1) is 0 Å². The maximum atomic E-state index is 9.95. The number of hydrogen-bond donors (Lipinski definition) is 2. The van der Waals surface area contributed by atoms with Gasteiger partial charge in [0.1, 0.15) is 0 Å². The van der Waals surface area contributed by atoms with E-state index in [2.05, 4.69) is 8.37 Å². The molecule has 76 valence electrons. The van der Waals surface area contributed by atoms with Gasteiger partial charge in [0.2, 0.25) is 0 Å². The molecule has 0 aromatic carbocycles. The third-order valence-electron chi connectivity index (χ3n) is 0.347. The second kappa shape index (κ2) is 6.71. The van der Waals surface area contributed by atoms with Crippen molar-refractivity contribution in [2.24, 2.45) is 0 Å². The fourth-order valence-corrected chi connectivity index (χ4v) is 0.641. The molecular formula is CH4Li2O9S2. The van der Waals surface area contributed by atoms with E-state index in [9.17, 15) is 21.6 Å². The first-order valence-electron chi connectivity index (χ1n) is 1.98. The summed E-state index contributed by atoms with van der Waals surface area (Å²) in [7, 11) is -10.3. The van der Waals surface area contributed by atoms with Gasteiger partial charge in [-0.1, -0.05) is 0 Å². The van der Waals surface area contributed by atoms with Crippen molar-refractivity contribution >= 4 is 64.7 Å². The Bertz CT molecular complexity index is 328. The fourth-order valence-electron chi connectivity index (χ4n) is 0.186. The minimum atomic E-state index is -5.15. The van der Waals surface area contributed by atoms with E-state index < -0.39 is 27.0 Å². The molecule has 0 radical (unpaired) electrons. The molecule has 13 heteroatoms. The van der Waals surface area contributed by atoms with Gasteiger partial charge in [0.15, 0.2) is 0 Å². The Morgan fingerprint density at radius 3 is 1.21 bits per heavy atom. The summed E-state index contributed by atoms with van der Waals surface area (Å²) in [6.45, 7) is 0. The molecule has 9 nitrogen and oxygen atoms in total. The molecule has 0 spiro atoms. The third-order valence-corrected chi connectivity index (χ3v) is 1.04. The Balaban J connectivity index is -0.000000605.